The minimum atomic E-state index is -3.77. The molecule has 142 valence electrons. The number of sulfonamides is 1. The van der Waals surface area contributed by atoms with E-state index in [9.17, 15) is 13.2 Å². The molecule has 0 aliphatic rings. The first kappa shape index (κ1) is 20.1. The van der Waals surface area contributed by atoms with Crippen molar-refractivity contribution in [3.05, 3.63) is 47.8 Å². The lowest BCUT2D eigenvalue weighted by atomic mass is 10.2. The second kappa shape index (κ2) is 8.46. The van der Waals surface area contributed by atoms with Gasteiger partial charge in [-0.25, -0.2) is 13.1 Å². The Kier molecular flexibility index (Phi) is 6.55. The van der Waals surface area contributed by atoms with Crippen LogP contribution in [0.5, 0.6) is 0 Å². The van der Waals surface area contributed by atoms with Crippen LogP contribution in [-0.4, -0.2) is 42.1 Å². The summed E-state index contributed by atoms with van der Waals surface area (Å²) in [6.07, 6.45) is 2.21. The highest BCUT2D eigenvalue weighted by atomic mass is 32.2. The SMILES string of the molecule is CCC(NS(=O)(=O)c1cccc(C(=O)N(CC)CC)c1)c1ccnn1C. The first-order valence-corrected chi connectivity index (χ1v) is 10.2. The summed E-state index contributed by atoms with van der Waals surface area (Å²) < 4.78 is 30.0. The summed E-state index contributed by atoms with van der Waals surface area (Å²) in [7, 11) is -2.00. The molecule has 0 fully saturated rings. The van der Waals surface area contributed by atoms with E-state index in [4.69, 9.17) is 0 Å². The number of hydrogen-bond donors (Lipinski definition) is 1. The maximum atomic E-state index is 12.8. The van der Waals surface area contributed by atoms with Crippen molar-refractivity contribution in [2.45, 2.75) is 38.1 Å². The fraction of sp³-hybridized carbons (Fsp3) is 0.444. The van der Waals surface area contributed by atoms with Gasteiger partial charge in [-0.1, -0.05) is 13.0 Å². The molecule has 1 amide bonds. The number of benzene rings is 1. The minimum Gasteiger partial charge on any atom is -0.339 e. The smallest absolute Gasteiger partial charge is 0.253 e. The summed E-state index contributed by atoms with van der Waals surface area (Å²) in [5.41, 5.74) is 1.15. The van der Waals surface area contributed by atoms with Crippen LogP contribution in [0.15, 0.2) is 41.4 Å². The molecule has 0 spiro atoms. The molecule has 0 bridgehead atoms. The molecule has 0 saturated heterocycles. The van der Waals surface area contributed by atoms with E-state index >= 15 is 0 Å². The van der Waals surface area contributed by atoms with Gasteiger partial charge < -0.3 is 4.90 Å². The molecule has 1 aromatic heterocycles. The number of rotatable bonds is 8. The zero-order valence-corrected chi connectivity index (χ0v) is 16.5. The molecule has 0 aliphatic carbocycles. The Morgan fingerprint density at radius 1 is 1.23 bits per heavy atom. The third-order valence-corrected chi connectivity index (χ3v) is 5.83. The van der Waals surface area contributed by atoms with Crippen LogP contribution in [0.2, 0.25) is 0 Å². The van der Waals surface area contributed by atoms with E-state index in [1.165, 1.54) is 12.1 Å². The van der Waals surface area contributed by atoms with Gasteiger partial charge in [-0.05, 0) is 44.5 Å². The third kappa shape index (κ3) is 4.31. The van der Waals surface area contributed by atoms with Crippen LogP contribution in [0.25, 0.3) is 0 Å². The Bertz CT molecular complexity index is 857. The van der Waals surface area contributed by atoms with E-state index in [2.05, 4.69) is 9.82 Å². The lowest BCUT2D eigenvalue weighted by Crippen LogP contribution is -2.31. The maximum absolute atomic E-state index is 12.8. The standard InChI is InChI=1S/C18H26N4O3S/c1-5-16(17-11-12-19-21(17)4)20-26(24,25)15-10-8-9-14(13-15)18(23)22(6-2)7-3/h8-13,16,20H,5-7H2,1-4H3. The molecule has 1 heterocycles. The Morgan fingerprint density at radius 3 is 2.46 bits per heavy atom. The van der Waals surface area contributed by atoms with E-state index in [1.807, 2.05) is 20.8 Å². The average Bonchev–Trinajstić information content (AvgIpc) is 3.06. The summed E-state index contributed by atoms with van der Waals surface area (Å²) in [6, 6.07) is 7.55. The van der Waals surface area contributed by atoms with Crippen LogP contribution in [0.3, 0.4) is 0 Å². The van der Waals surface area contributed by atoms with Crippen LogP contribution in [0.1, 0.15) is 49.3 Å². The van der Waals surface area contributed by atoms with Gasteiger partial charge in [-0.15, -0.1) is 0 Å². The average molecular weight is 378 g/mol. The predicted molar refractivity (Wildman–Crippen MR) is 100 cm³/mol. The Labute approximate surface area is 155 Å². The summed E-state index contributed by atoms with van der Waals surface area (Å²) in [5, 5.41) is 4.10. The van der Waals surface area contributed by atoms with Gasteiger partial charge in [0.15, 0.2) is 0 Å². The number of nitrogens with zero attached hydrogens (tertiary/aromatic N) is 3. The van der Waals surface area contributed by atoms with Crippen LogP contribution in [0.4, 0.5) is 0 Å². The largest absolute Gasteiger partial charge is 0.339 e. The molecule has 1 aromatic carbocycles. The van der Waals surface area contributed by atoms with Gasteiger partial charge in [0, 0.05) is 31.9 Å². The van der Waals surface area contributed by atoms with E-state index in [0.29, 0.717) is 25.1 Å². The van der Waals surface area contributed by atoms with Crippen molar-refractivity contribution < 1.29 is 13.2 Å². The van der Waals surface area contributed by atoms with E-state index < -0.39 is 16.1 Å². The molecule has 1 unspecified atom stereocenters. The van der Waals surface area contributed by atoms with Crippen LogP contribution in [0, 0.1) is 0 Å². The van der Waals surface area contributed by atoms with Gasteiger partial charge in [0.25, 0.3) is 5.91 Å². The summed E-state index contributed by atoms with van der Waals surface area (Å²) >= 11 is 0. The number of carbonyl (C=O) groups is 1. The molecule has 0 saturated carbocycles. The lowest BCUT2D eigenvalue weighted by Gasteiger charge is -2.20. The third-order valence-electron chi connectivity index (χ3n) is 4.36. The van der Waals surface area contributed by atoms with Crippen molar-refractivity contribution >= 4 is 15.9 Å². The van der Waals surface area contributed by atoms with Gasteiger partial charge in [-0.3, -0.25) is 9.48 Å². The van der Waals surface area contributed by atoms with Gasteiger partial charge in [0.1, 0.15) is 0 Å². The molecular formula is C18H26N4O3S. The van der Waals surface area contributed by atoms with Crippen LogP contribution >= 0.6 is 0 Å². The van der Waals surface area contributed by atoms with Gasteiger partial charge in [0.05, 0.1) is 16.6 Å². The first-order valence-electron chi connectivity index (χ1n) is 8.73. The molecule has 1 N–H and O–H groups in total. The van der Waals surface area contributed by atoms with E-state index in [1.54, 1.807) is 41.0 Å². The van der Waals surface area contributed by atoms with Gasteiger partial charge in [0.2, 0.25) is 10.0 Å². The number of nitrogens with one attached hydrogen (secondary N) is 1. The highest BCUT2D eigenvalue weighted by molar-refractivity contribution is 7.89. The number of amides is 1. The summed E-state index contributed by atoms with van der Waals surface area (Å²) in [4.78, 5) is 14.2. The summed E-state index contributed by atoms with van der Waals surface area (Å²) in [6.45, 7) is 6.83. The Hall–Kier alpha value is -2.19. The second-order valence-corrected chi connectivity index (χ2v) is 7.68. The molecule has 1 atom stereocenters. The minimum absolute atomic E-state index is 0.0797. The normalized spacial score (nSPS) is 12.8. The lowest BCUT2D eigenvalue weighted by molar-refractivity contribution is 0.0772. The molecule has 2 rings (SSSR count). The monoisotopic (exact) mass is 378 g/mol. The first-order chi connectivity index (χ1) is 12.3. The molecule has 0 aliphatic heterocycles. The number of carbonyl (C=O) groups excluding carboxylic acids is 1. The van der Waals surface area contributed by atoms with E-state index in [0.717, 1.165) is 5.69 Å². The summed E-state index contributed by atoms with van der Waals surface area (Å²) in [5.74, 6) is -0.175. The molecule has 26 heavy (non-hydrogen) atoms. The zero-order chi connectivity index (χ0) is 19.3. The molecule has 2 aromatic rings. The highest BCUT2D eigenvalue weighted by Gasteiger charge is 2.23. The quantitative estimate of drug-likeness (QED) is 0.764. The van der Waals surface area contributed by atoms with Crippen molar-refractivity contribution in [1.29, 1.82) is 0 Å². The maximum Gasteiger partial charge on any atom is 0.253 e. The predicted octanol–water partition coefficient (Wildman–Crippen LogP) is 2.33. The fourth-order valence-electron chi connectivity index (χ4n) is 2.82. The fourth-order valence-corrected chi connectivity index (χ4v) is 4.16. The topological polar surface area (TPSA) is 84.3 Å². The van der Waals surface area contributed by atoms with Gasteiger partial charge in [-0.2, -0.15) is 5.10 Å². The molecule has 7 nitrogen and oxygen atoms in total. The van der Waals surface area contributed by atoms with Crippen molar-refractivity contribution in [1.82, 2.24) is 19.4 Å². The van der Waals surface area contributed by atoms with Crippen LogP contribution in [-0.2, 0) is 17.1 Å². The zero-order valence-electron chi connectivity index (χ0n) is 15.6. The molecule has 8 heteroatoms. The Morgan fingerprint density at radius 2 is 1.92 bits per heavy atom. The van der Waals surface area contributed by atoms with Crippen molar-refractivity contribution in [3.63, 3.8) is 0 Å². The Balaban J connectivity index is 2.30. The van der Waals surface area contributed by atoms with Crippen molar-refractivity contribution in [2.24, 2.45) is 7.05 Å². The van der Waals surface area contributed by atoms with Gasteiger partial charge >= 0.3 is 0 Å². The number of hydrogen-bond acceptors (Lipinski definition) is 4. The van der Waals surface area contributed by atoms with E-state index in [-0.39, 0.29) is 10.8 Å². The number of aromatic nitrogens is 2. The highest BCUT2D eigenvalue weighted by Crippen LogP contribution is 2.20. The van der Waals surface area contributed by atoms with Crippen molar-refractivity contribution in [2.75, 3.05) is 13.1 Å². The van der Waals surface area contributed by atoms with Crippen LogP contribution < -0.4 is 4.72 Å². The van der Waals surface area contributed by atoms with Crippen molar-refractivity contribution in [3.8, 4) is 0 Å². The number of aryl methyl sites for hydroxylation is 1. The molecular weight excluding hydrogens is 352 g/mol. The second-order valence-electron chi connectivity index (χ2n) is 5.97. The molecule has 0 radical (unpaired) electrons.